The van der Waals surface area contributed by atoms with Gasteiger partial charge < -0.3 is 10.1 Å². The monoisotopic (exact) mass is 371 g/mol. The van der Waals surface area contributed by atoms with E-state index < -0.39 is 11.9 Å². The van der Waals surface area contributed by atoms with Gasteiger partial charge in [0, 0.05) is 11.1 Å². The zero-order valence-corrected chi connectivity index (χ0v) is 15.3. The number of aromatic nitrogens is 4. The Balaban J connectivity index is 1.70. The number of anilines is 1. The topological polar surface area (TPSA) is 99.0 Å². The van der Waals surface area contributed by atoms with E-state index >= 15 is 0 Å². The molecule has 1 amide bonds. The van der Waals surface area contributed by atoms with Gasteiger partial charge in [0.25, 0.3) is 5.91 Å². The summed E-state index contributed by atoms with van der Waals surface area (Å²) in [4.78, 5) is 36.5. The quantitative estimate of drug-likeness (QED) is 0.693. The first kappa shape index (κ1) is 17.7. The maximum Gasteiger partial charge on any atom is 0.367 e. The molecule has 0 saturated heterocycles. The minimum atomic E-state index is -0.534. The molecule has 0 aliphatic rings. The summed E-state index contributed by atoms with van der Waals surface area (Å²) in [6.45, 7) is 5.86. The number of hydrogen-bond donors (Lipinski definition) is 1. The van der Waals surface area contributed by atoms with E-state index in [0.29, 0.717) is 11.5 Å². The third-order valence-electron chi connectivity index (χ3n) is 3.69. The van der Waals surface area contributed by atoms with Crippen molar-refractivity contribution in [3.8, 4) is 5.82 Å². The number of nitrogens with one attached hydrogen (secondary N) is 1. The molecule has 0 unspecified atom stereocenters. The lowest BCUT2D eigenvalue weighted by Crippen LogP contribution is -2.13. The molecule has 9 heteroatoms. The summed E-state index contributed by atoms with van der Waals surface area (Å²) in [6, 6.07) is 3.53. The van der Waals surface area contributed by atoms with Crippen molar-refractivity contribution in [1.82, 2.24) is 19.5 Å². The molecule has 134 valence electrons. The first-order chi connectivity index (χ1) is 12.5. The molecule has 0 bridgehead atoms. The first-order valence-electron chi connectivity index (χ1n) is 7.90. The van der Waals surface area contributed by atoms with Crippen LogP contribution in [0, 0.1) is 13.8 Å². The van der Waals surface area contributed by atoms with E-state index in [9.17, 15) is 9.59 Å². The van der Waals surface area contributed by atoms with Crippen LogP contribution >= 0.6 is 11.3 Å². The van der Waals surface area contributed by atoms with Crippen molar-refractivity contribution in [3.63, 3.8) is 0 Å². The van der Waals surface area contributed by atoms with Gasteiger partial charge in [-0.15, -0.1) is 11.3 Å². The number of nitrogens with zero attached hydrogens (tertiary/aromatic N) is 4. The van der Waals surface area contributed by atoms with E-state index in [1.54, 1.807) is 31.6 Å². The highest BCUT2D eigenvalue weighted by Crippen LogP contribution is 2.16. The van der Waals surface area contributed by atoms with Crippen LogP contribution in [0.25, 0.3) is 5.82 Å². The van der Waals surface area contributed by atoms with E-state index in [-0.39, 0.29) is 17.3 Å². The second-order valence-electron chi connectivity index (χ2n) is 5.40. The molecule has 3 rings (SSSR count). The Kier molecular flexibility index (Phi) is 5.08. The second-order valence-corrected chi connectivity index (χ2v) is 6.26. The highest BCUT2D eigenvalue weighted by atomic mass is 32.1. The van der Waals surface area contributed by atoms with Crippen molar-refractivity contribution in [1.29, 1.82) is 0 Å². The summed E-state index contributed by atoms with van der Waals surface area (Å²) in [6.07, 6.45) is 3.26. The van der Waals surface area contributed by atoms with Gasteiger partial charge in [0.2, 0.25) is 5.01 Å². The van der Waals surface area contributed by atoms with Gasteiger partial charge in [0.1, 0.15) is 17.8 Å². The number of thiazole rings is 1. The maximum atomic E-state index is 12.3. The van der Waals surface area contributed by atoms with Gasteiger partial charge in [-0.25, -0.2) is 19.7 Å². The average molecular weight is 371 g/mol. The molecule has 26 heavy (non-hydrogen) atoms. The van der Waals surface area contributed by atoms with Gasteiger partial charge in [0.05, 0.1) is 24.2 Å². The Hall–Kier alpha value is -3.07. The van der Waals surface area contributed by atoms with E-state index in [0.717, 1.165) is 22.7 Å². The number of rotatable bonds is 5. The Morgan fingerprint density at radius 1 is 1.27 bits per heavy atom. The van der Waals surface area contributed by atoms with Crippen molar-refractivity contribution >= 4 is 28.9 Å². The molecule has 1 N–H and O–H groups in total. The molecule has 0 spiro atoms. The minimum absolute atomic E-state index is 0.149. The van der Waals surface area contributed by atoms with Crippen molar-refractivity contribution in [3.05, 3.63) is 52.1 Å². The van der Waals surface area contributed by atoms with Crippen LogP contribution in [0.15, 0.2) is 30.0 Å². The van der Waals surface area contributed by atoms with Crippen LogP contribution in [0.2, 0.25) is 0 Å². The fourth-order valence-corrected chi connectivity index (χ4v) is 2.88. The lowest BCUT2D eigenvalue weighted by atomic mass is 10.3. The highest BCUT2D eigenvalue weighted by molar-refractivity contribution is 7.11. The predicted molar refractivity (Wildman–Crippen MR) is 96.9 cm³/mol. The Labute approximate surface area is 153 Å². The molecular weight excluding hydrogens is 354 g/mol. The van der Waals surface area contributed by atoms with E-state index in [1.165, 1.54) is 5.38 Å². The highest BCUT2D eigenvalue weighted by Gasteiger charge is 2.16. The molecule has 0 aliphatic heterocycles. The molecule has 0 fully saturated rings. The van der Waals surface area contributed by atoms with Gasteiger partial charge in [-0.1, -0.05) is 0 Å². The molecule has 0 atom stereocenters. The summed E-state index contributed by atoms with van der Waals surface area (Å²) in [7, 11) is 0. The van der Waals surface area contributed by atoms with Gasteiger partial charge in [-0.2, -0.15) is 0 Å². The number of carbonyl (C=O) groups excluding carboxylic acids is 2. The Bertz CT molecular complexity index is 946. The van der Waals surface area contributed by atoms with Crippen molar-refractivity contribution in [2.45, 2.75) is 20.8 Å². The summed E-state index contributed by atoms with van der Waals surface area (Å²) in [5, 5.41) is 4.37. The standard InChI is InChI=1S/C17H17N5O3S/c1-4-25-17(24)16-21-13(8-26-16)15(23)20-12-5-6-14(18-7-12)22-9-19-10(2)11(22)3/h5-9H,4H2,1-3H3,(H,20,23). The molecule has 3 aromatic heterocycles. The average Bonchev–Trinajstić information content (AvgIpc) is 3.24. The number of aryl methyl sites for hydroxylation is 1. The Morgan fingerprint density at radius 2 is 2.08 bits per heavy atom. The van der Waals surface area contributed by atoms with Gasteiger partial charge in [-0.3, -0.25) is 9.36 Å². The third-order valence-corrected chi connectivity index (χ3v) is 4.51. The van der Waals surface area contributed by atoms with Gasteiger partial charge in [0.15, 0.2) is 0 Å². The van der Waals surface area contributed by atoms with Crippen LogP contribution in [-0.4, -0.2) is 38.0 Å². The molecule has 0 aromatic carbocycles. The molecule has 0 aliphatic carbocycles. The van der Waals surface area contributed by atoms with Crippen molar-refractivity contribution in [2.24, 2.45) is 0 Å². The number of carbonyl (C=O) groups is 2. The first-order valence-corrected chi connectivity index (χ1v) is 8.78. The summed E-state index contributed by atoms with van der Waals surface area (Å²) in [5.74, 6) is -0.242. The number of amides is 1. The zero-order chi connectivity index (χ0) is 18.7. The molecular formula is C17H17N5O3S. The molecule has 0 saturated carbocycles. The van der Waals surface area contributed by atoms with Crippen LogP contribution in [0.3, 0.4) is 0 Å². The molecule has 0 radical (unpaired) electrons. The number of esters is 1. The number of imidazole rings is 1. The minimum Gasteiger partial charge on any atom is -0.461 e. The van der Waals surface area contributed by atoms with Crippen LogP contribution in [0.1, 0.15) is 38.6 Å². The van der Waals surface area contributed by atoms with Crippen LogP contribution < -0.4 is 5.32 Å². The van der Waals surface area contributed by atoms with E-state index in [4.69, 9.17) is 4.74 Å². The van der Waals surface area contributed by atoms with Crippen LogP contribution in [-0.2, 0) is 4.74 Å². The van der Waals surface area contributed by atoms with E-state index in [1.807, 2.05) is 18.4 Å². The third kappa shape index (κ3) is 3.62. The van der Waals surface area contributed by atoms with Crippen LogP contribution in [0.5, 0.6) is 0 Å². The lowest BCUT2D eigenvalue weighted by Gasteiger charge is -2.07. The largest absolute Gasteiger partial charge is 0.461 e. The molecule has 3 aromatic rings. The Morgan fingerprint density at radius 3 is 2.69 bits per heavy atom. The normalized spacial score (nSPS) is 10.6. The SMILES string of the molecule is CCOC(=O)c1nc(C(=O)Nc2ccc(-n3cnc(C)c3C)nc2)cs1. The van der Waals surface area contributed by atoms with Crippen molar-refractivity contribution in [2.75, 3.05) is 11.9 Å². The zero-order valence-electron chi connectivity index (χ0n) is 14.5. The fourth-order valence-electron chi connectivity index (χ4n) is 2.19. The molecule has 3 heterocycles. The maximum absolute atomic E-state index is 12.3. The predicted octanol–water partition coefficient (Wildman–Crippen LogP) is 2.77. The smallest absolute Gasteiger partial charge is 0.367 e. The lowest BCUT2D eigenvalue weighted by molar-refractivity contribution is 0.0526. The number of ether oxygens (including phenoxy) is 1. The summed E-state index contributed by atoms with van der Waals surface area (Å²) < 4.78 is 6.73. The second kappa shape index (κ2) is 7.44. The van der Waals surface area contributed by atoms with E-state index in [2.05, 4.69) is 20.3 Å². The number of hydrogen-bond acceptors (Lipinski definition) is 7. The van der Waals surface area contributed by atoms with Gasteiger partial charge in [-0.05, 0) is 32.9 Å². The summed E-state index contributed by atoms with van der Waals surface area (Å²) in [5.41, 5.74) is 2.62. The molecule has 8 nitrogen and oxygen atoms in total. The van der Waals surface area contributed by atoms with Gasteiger partial charge >= 0.3 is 5.97 Å². The fraction of sp³-hybridized carbons (Fsp3) is 0.235. The number of pyridine rings is 1. The summed E-state index contributed by atoms with van der Waals surface area (Å²) >= 11 is 1.07. The van der Waals surface area contributed by atoms with Crippen LogP contribution in [0.4, 0.5) is 5.69 Å². The van der Waals surface area contributed by atoms with Crippen molar-refractivity contribution < 1.29 is 14.3 Å².